The fourth-order valence-electron chi connectivity index (χ4n) is 2.99. The molecule has 0 aliphatic heterocycles. The van der Waals surface area contributed by atoms with E-state index in [9.17, 15) is 0 Å². The Morgan fingerprint density at radius 1 is 1.00 bits per heavy atom. The molecule has 1 atom stereocenters. The van der Waals surface area contributed by atoms with Crippen LogP contribution < -0.4 is 5.32 Å². The maximum atomic E-state index is 3.74. The lowest BCUT2D eigenvalue weighted by molar-refractivity contribution is 0.236. The van der Waals surface area contributed by atoms with Gasteiger partial charge in [0.15, 0.2) is 0 Å². The molecule has 1 aliphatic rings. The van der Waals surface area contributed by atoms with Crippen molar-refractivity contribution in [3.05, 3.63) is 0 Å². The van der Waals surface area contributed by atoms with Gasteiger partial charge in [0.05, 0.1) is 0 Å². The van der Waals surface area contributed by atoms with E-state index in [1.165, 1.54) is 45.1 Å². The number of nitrogens with one attached hydrogen (secondary N) is 1. The van der Waals surface area contributed by atoms with Gasteiger partial charge in [0, 0.05) is 5.54 Å². The van der Waals surface area contributed by atoms with Crippen molar-refractivity contribution in [1.29, 1.82) is 0 Å². The van der Waals surface area contributed by atoms with Crippen molar-refractivity contribution in [3.8, 4) is 0 Å². The van der Waals surface area contributed by atoms with Crippen LogP contribution in [-0.2, 0) is 0 Å². The molecule has 1 aliphatic carbocycles. The molecule has 1 N–H and O–H groups in total. The molecule has 0 spiro atoms. The minimum Gasteiger partial charge on any atom is -0.312 e. The summed E-state index contributed by atoms with van der Waals surface area (Å²) in [6.45, 7) is 15.2. The lowest BCUT2D eigenvalue weighted by atomic mass is 9.80. The minimum absolute atomic E-state index is 0.262. The Morgan fingerprint density at radius 3 is 2.00 bits per heavy atom. The van der Waals surface area contributed by atoms with Crippen molar-refractivity contribution in [2.45, 2.75) is 85.6 Å². The molecule has 1 fully saturated rings. The van der Waals surface area contributed by atoms with Crippen molar-refractivity contribution in [2.75, 3.05) is 6.54 Å². The van der Waals surface area contributed by atoms with Gasteiger partial charge in [0.1, 0.15) is 0 Å². The van der Waals surface area contributed by atoms with Crippen molar-refractivity contribution < 1.29 is 0 Å². The number of hydrogen-bond donors (Lipinski definition) is 1. The lowest BCUT2D eigenvalue weighted by Gasteiger charge is -2.31. The Hall–Kier alpha value is -0.0400. The SMILES string of the molecule is CC(C)(C)CCC(CNC(C)(C)C)C1CCCC1. The van der Waals surface area contributed by atoms with Crippen LogP contribution in [-0.4, -0.2) is 12.1 Å². The summed E-state index contributed by atoms with van der Waals surface area (Å²) in [5, 5.41) is 3.74. The van der Waals surface area contributed by atoms with Gasteiger partial charge in [-0.1, -0.05) is 46.5 Å². The molecule has 0 aromatic heterocycles. The van der Waals surface area contributed by atoms with Gasteiger partial charge in [0.2, 0.25) is 0 Å². The van der Waals surface area contributed by atoms with Crippen LogP contribution in [0.15, 0.2) is 0 Å². The zero-order chi connectivity index (χ0) is 13.8. The summed E-state index contributed by atoms with van der Waals surface area (Å²) < 4.78 is 0. The first-order chi connectivity index (χ1) is 8.17. The largest absolute Gasteiger partial charge is 0.312 e. The van der Waals surface area contributed by atoms with Crippen molar-refractivity contribution in [2.24, 2.45) is 17.3 Å². The van der Waals surface area contributed by atoms with E-state index in [1.54, 1.807) is 0 Å². The number of hydrogen-bond acceptors (Lipinski definition) is 1. The van der Waals surface area contributed by atoms with Gasteiger partial charge >= 0.3 is 0 Å². The first-order valence-electron chi connectivity index (χ1n) is 7.92. The Labute approximate surface area is 115 Å². The van der Waals surface area contributed by atoms with Crippen molar-refractivity contribution in [1.82, 2.24) is 5.32 Å². The molecule has 108 valence electrons. The highest BCUT2D eigenvalue weighted by Crippen LogP contribution is 2.36. The molecule has 0 aromatic carbocycles. The molecule has 0 aromatic rings. The fourth-order valence-corrected chi connectivity index (χ4v) is 2.99. The second-order valence-electron chi connectivity index (χ2n) is 8.53. The zero-order valence-electron chi connectivity index (χ0n) is 13.6. The van der Waals surface area contributed by atoms with Gasteiger partial charge in [-0.2, -0.15) is 0 Å². The van der Waals surface area contributed by atoms with Gasteiger partial charge in [0.25, 0.3) is 0 Å². The predicted octanol–water partition coefficient (Wildman–Crippen LogP) is 5.01. The Balaban J connectivity index is 2.46. The molecule has 1 saturated carbocycles. The maximum Gasteiger partial charge on any atom is 0.00966 e. The van der Waals surface area contributed by atoms with Crippen LogP contribution in [0.5, 0.6) is 0 Å². The molecule has 0 amide bonds. The van der Waals surface area contributed by atoms with Crippen LogP contribution >= 0.6 is 0 Å². The third-order valence-electron chi connectivity index (χ3n) is 4.23. The minimum atomic E-state index is 0.262. The highest BCUT2D eigenvalue weighted by molar-refractivity contribution is 4.81. The first kappa shape index (κ1) is 16.0. The summed E-state index contributed by atoms with van der Waals surface area (Å²) in [5.74, 6) is 1.88. The summed E-state index contributed by atoms with van der Waals surface area (Å²) in [6, 6.07) is 0. The second kappa shape index (κ2) is 6.41. The van der Waals surface area contributed by atoms with Crippen molar-refractivity contribution >= 4 is 0 Å². The lowest BCUT2D eigenvalue weighted by Crippen LogP contribution is -2.40. The maximum absolute atomic E-state index is 3.74. The molecular formula is C17H35N. The van der Waals surface area contributed by atoms with Crippen LogP contribution in [0.1, 0.15) is 80.1 Å². The summed E-state index contributed by atoms with van der Waals surface area (Å²) in [7, 11) is 0. The predicted molar refractivity (Wildman–Crippen MR) is 81.9 cm³/mol. The van der Waals surface area contributed by atoms with E-state index in [0.29, 0.717) is 5.41 Å². The summed E-state index contributed by atoms with van der Waals surface area (Å²) >= 11 is 0. The van der Waals surface area contributed by atoms with Crippen LogP contribution in [0, 0.1) is 17.3 Å². The molecule has 0 saturated heterocycles. The van der Waals surface area contributed by atoms with E-state index in [-0.39, 0.29) is 5.54 Å². The standard InChI is InChI=1S/C17H35N/c1-16(2,3)12-11-15(13-18-17(4,5)6)14-9-7-8-10-14/h14-15,18H,7-13H2,1-6H3. The third-order valence-corrected chi connectivity index (χ3v) is 4.23. The van der Waals surface area contributed by atoms with E-state index in [1.807, 2.05) is 0 Å². The fraction of sp³-hybridized carbons (Fsp3) is 1.00. The van der Waals surface area contributed by atoms with Gasteiger partial charge in [-0.3, -0.25) is 0 Å². The highest BCUT2D eigenvalue weighted by atomic mass is 14.9. The summed E-state index contributed by atoms with van der Waals surface area (Å²) in [5.41, 5.74) is 0.747. The Morgan fingerprint density at radius 2 is 1.56 bits per heavy atom. The van der Waals surface area contributed by atoms with Crippen LogP contribution in [0.2, 0.25) is 0 Å². The van der Waals surface area contributed by atoms with Crippen LogP contribution in [0.4, 0.5) is 0 Å². The molecule has 1 nitrogen and oxygen atoms in total. The monoisotopic (exact) mass is 253 g/mol. The molecule has 0 bridgehead atoms. The van der Waals surface area contributed by atoms with Gasteiger partial charge in [-0.25, -0.2) is 0 Å². The third kappa shape index (κ3) is 6.78. The molecule has 18 heavy (non-hydrogen) atoms. The molecule has 0 heterocycles. The zero-order valence-corrected chi connectivity index (χ0v) is 13.6. The van der Waals surface area contributed by atoms with Gasteiger partial charge < -0.3 is 5.32 Å². The smallest absolute Gasteiger partial charge is 0.00966 e. The average Bonchev–Trinajstić information content (AvgIpc) is 2.67. The molecular weight excluding hydrogens is 218 g/mol. The second-order valence-corrected chi connectivity index (χ2v) is 8.53. The average molecular weight is 253 g/mol. The van der Waals surface area contributed by atoms with E-state index in [2.05, 4.69) is 46.9 Å². The Kier molecular flexibility index (Phi) is 5.70. The Bertz CT molecular complexity index is 207. The van der Waals surface area contributed by atoms with E-state index >= 15 is 0 Å². The van der Waals surface area contributed by atoms with E-state index in [4.69, 9.17) is 0 Å². The van der Waals surface area contributed by atoms with Gasteiger partial charge in [-0.05, 0) is 57.4 Å². The first-order valence-corrected chi connectivity index (χ1v) is 7.92. The van der Waals surface area contributed by atoms with Crippen molar-refractivity contribution in [3.63, 3.8) is 0 Å². The van der Waals surface area contributed by atoms with Crippen LogP contribution in [0.25, 0.3) is 0 Å². The van der Waals surface area contributed by atoms with E-state index in [0.717, 1.165) is 11.8 Å². The number of rotatable bonds is 5. The van der Waals surface area contributed by atoms with E-state index < -0.39 is 0 Å². The molecule has 0 radical (unpaired) electrons. The van der Waals surface area contributed by atoms with Gasteiger partial charge in [-0.15, -0.1) is 0 Å². The molecule has 1 unspecified atom stereocenters. The topological polar surface area (TPSA) is 12.0 Å². The molecule has 1 rings (SSSR count). The van der Waals surface area contributed by atoms with Crippen LogP contribution in [0.3, 0.4) is 0 Å². The summed E-state index contributed by atoms with van der Waals surface area (Å²) in [6.07, 6.45) is 8.64. The highest BCUT2D eigenvalue weighted by Gasteiger charge is 2.27. The normalized spacial score (nSPS) is 20.3. The summed E-state index contributed by atoms with van der Waals surface area (Å²) in [4.78, 5) is 0. The quantitative estimate of drug-likeness (QED) is 0.726. The molecule has 1 heteroatoms.